The van der Waals surface area contributed by atoms with Crippen LogP contribution in [0.25, 0.3) is 22.2 Å². The minimum atomic E-state index is -1.00. The number of H-pyrrole nitrogens is 2. The van der Waals surface area contributed by atoms with E-state index in [1.165, 1.54) is 16.7 Å². The molecule has 162 valence electrons. The second-order valence-corrected chi connectivity index (χ2v) is 7.43. The van der Waals surface area contributed by atoms with Gasteiger partial charge in [-0.05, 0) is 24.6 Å². The van der Waals surface area contributed by atoms with E-state index in [-0.39, 0.29) is 11.3 Å². The van der Waals surface area contributed by atoms with E-state index < -0.39 is 17.3 Å². The monoisotopic (exact) mass is 434 g/mol. The molecule has 9 heteroatoms. The lowest BCUT2D eigenvalue weighted by molar-refractivity contribution is 0.508. The lowest BCUT2D eigenvalue weighted by Gasteiger charge is -2.12. The Morgan fingerprint density at radius 3 is 2.78 bits per heavy atom. The van der Waals surface area contributed by atoms with Gasteiger partial charge >= 0.3 is 5.69 Å². The van der Waals surface area contributed by atoms with Gasteiger partial charge in [-0.25, -0.2) is 18.6 Å². The maximum atomic E-state index is 14.8. The predicted octanol–water partition coefficient (Wildman–Crippen LogP) is 4.63. The third-order valence-corrected chi connectivity index (χ3v) is 5.40. The third kappa shape index (κ3) is 3.58. The van der Waals surface area contributed by atoms with Crippen molar-refractivity contribution in [1.82, 2.24) is 24.1 Å². The average molecular weight is 434 g/mol. The van der Waals surface area contributed by atoms with Gasteiger partial charge in [-0.3, -0.25) is 9.55 Å². The Labute approximate surface area is 181 Å². The van der Waals surface area contributed by atoms with E-state index in [9.17, 15) is 13.6 Å². The molecule has 7 nitrogen and oxygen atoms in total. The van der Waals surface area contributed by atoms with Gasteiger partial charge in [0.05, 0.1) is 17.7 Å². The summed E-state index contributed by atoms with van der Waals surface area (Å²) in [6, 6.07) is 11.6. The van der Waals surface area contributed by atoms with Crippen molar-refractivity contribution in [3.05, 3.63) is 89.5 Å². The highest BCUT2D eigenvalue weighted by Gasteiger charge is 2.21. The molecule has 5 rings (SSSR count). The van der Waals surface area contributed by atoms with Crippen LogP contribution in [0.4, 0.5) is 20.3 Å². The largest absolute Gasteiger partial charge is 0.359 e. The normalized spacial score (nSPS) is 11.3. The van der Waals surface area contributed by atoms with Crippen LogP contribution in [-0.4, -0.2) is 24.1 Å². The molecule has 0 fully saturated rings. The van der Waals surface area contributed by atoms with E-state index in [0.29, 0.717) is 31.0 Å². The maximum absolute atomic E-state index is 14.8. The fraction of sp³-hybridized carbons (Fsp3) is 0.130. The molecule has 0 amide bonds. The smallest absolute Gasteiger partial charge is 0.327 e. The lowest BCUT2D eigenvalue weighted by atomic mass is 10.1. The first-order chi connectivity index (χ1) is 15.6. The molecule has 0 bridgehead atoms. The van der Waals surface area contributed by atoms with Crippen molar-refractivity contribution in [3.63, 3.8) is 0 Å². The summed E-state index contributed by atoms with van der Waals surface area (Å²) in [6.45, 7) is 0.947. The summed E-state index contributed by atoms with van der Waals surface area (Å²) in [6.07, 6.45) is 7.57. The Balaban J connectivity index is 1.56. The highest BCUT2D eigenvalue weighted by atomic mass is 19.2. The molecule has 0 saturated carbocycles. The van der Waals surface area contributed by atoms with Gasteiger partial charge in [-0.2, -0.15) is 0 Å². The van der Waals surface area contributed by atoms with Crippen LogP contribution in [0.2, 0.25) is 0 Å². The second kappa shape index (κ2) is 8.18. The van der Waals surface area contributed by atoms with E-state index >= 15 is 0 Å². The van der Waals surface area contributed by atoms with Crippen LogP contribution in [0.3, 0.4) is 0 Å². The molecule has 3 N–H and O–H groups in total. The summed E-state index contributed by atoms with van der Waals surface area (Å²) in [4.78, 5) is 22.8. The number of aryl methyl sites for hydroxylation is 1. The van der Waals surface area contributed by atoms with Gasteiger partial charge in [0.15, 0.2) is 11.6 Å². The molecule has 0 aliphatic carbocycles. The SMILES string of the molecule is O=c1[nH]c(Nc2c[nH]c3ccccc23)c(-c2cccc(F)c2F)n1CCCn1ccnc1. The van der Waals surface area contributed by atoms with E-state index in [1.54, 1.807) is 18.7 Å². The van der Waals surface area contributed by atoms with E-state index in [2.05, 4.69) is 20.3 Å². The Morgan fingerprint density at radius 2 is 1.94 bits per heavy atom. The number of benzene rings is 2. The highest BCUT2D eigenvalue weighted by Crippen LogP contribution is 2.33. The van der Waals surface area contributed by atoms with Gasteiger partial charge in [0.25, 0.3) is 0 Å². The van der Waals surface area contributed by atoms with Crippen LogP contribution >= 0.6 is 0 Å². The maximum Gasteiger partial charge on any atom is 0.327 e. The van der Waals surface area contributed by atoms with E-state index in [1.807, 2.05) is 35.0 Å². The number of nitrogens with zero attached hydrogens (tertiary/aromatic N) is 3. The van der Waals surface area contributed by atoms with Crippen LogP contribution in [-0.2, 0) is 13.1 Å². The minimum absolute atomic E-state index is 0.00771. The third-order valence-electron chi connectivity index (χ3n) is 5.40. The van der Waals surface area contributed by atoms with Gasteiger partial charge in [-0.15, -0.1) is 0 Å². The molecule has 0 spiro atoms. The summed E-state index contributed by atoms with van der Waals surface area (Å²) in [5, 5.41) is 4.10. The number of rotatable bonds is 7. The number of fused-ring (bicyclic) bond motifs is 1. The Bertz CT molecular complexity index is 1430. The predicted molar refractivity (Wildman–Crippen MR) is 119 cm³/mol. The quantitative estimate of drug-likeness (QED) is 0.349. The van der Waals surface area contributed by atoms with Gasteiger partial charge in [0.1, 0.15) is 5.82 Å². The van der Waals surface area contributed by atoms with Crippen LogP contribution in [0, 0.1) is 11.6 Å². The molecule has 0 aliphatic heterocycles. The number of hydrogen-bond donors (Lipinski definition) is 3. The Morgan fingerprint density at radius 1 is 1.06 bits per heavy atom. The standard InChI is InChI=1S/C23H20F2N6O/c24-17-7-3-6-16(20(17)25)21-22(28-19-13-27-18-8-2-1-5-15(18)19)29-23(32)31(21)11-4-10-30-12-9-26-14-30/h1-3,5-9,12-14,27-28H,4,10-11H2,(H,29,32). The van der Waals surface area contributed by atoms with Crippen molar-refractivity contribution in [3.8, 4) is 11.3 Å². The van der Waals surface area contributed by atoms with Crippen LogP contribution in [0.5, 0.6) is 0 Å². The molecule has 0 atom stereocenters. The molecule has 3 heterocycles. The minimum Gasteiger partial charge on any atom is -0.359 e. The molecular weight excluding hydrogens is 414 g/mol. The molecule has 3 aromatic heterocycles. The van der Waals surface area contributed by atoms with Crippen molar-refractivity contribution in [1.29, 1.82) is 0 Å². The first-order valence-electron chi connectivity index (χ1n) is 10.2. The zero-order chi connectivity index (χ0) is 22.1. The fourth-order valence-corrected chi connectivity index (χ4v) is 3.88. The topological polar surface area (TPSA) is 83.4 Å². The zero-order valence-corrected chi connectivity index (χ0v) is 17.0. The van der Waals surface area contributed by atoms with Gasteiger partial charge in [0.2, 0.25) is 0 Å². The number of nitrogens with one attached hydrogen (secondary N) is 3. The molecule has 0 saturated heterocycles. The van der Waals surface area contributed by atoms with Gasteiger partial charge in [0, 0.05) is 48.1 Å². The van der Waals surface area contributed by atoms with Crippen LogP contribution < -0.4 is 11.0 Å². The first-order valence-corrected chi connectivity index (χ1v) is 10.2. The Hall–Kier alpha value is -4.14. The number of aromatic amines is 2. The summed E-state index contributed by atoms with van der Waals surface area (Å²) >= 11 is 0. The van der Waals surface area contributed by atoms with Crippen LogP contribution in [0.15, 0.2) is 72.2 Å². The van der Waals surface area contributed by atoms with Gasteiger partial charge in [-0.1, -0.05) is 24.3 Å². The summed E-state index contributed by atoms with van der Waals surface area (Å²) < 4.78 is 32.2. The number of aromatic nitrogens is 5. The Kier molecular flexibility index (Phi) is 5.06. The number of para-hydroxylation sites is 1. The molecule has 5 aromatic rings. The summed E-state index contributed by atoms with van der Waals surface area (Å²) in [5.74, 6) is -1.68. The fourth-order valence-electron chi connectivity index (χ4n) is 3.88. The summed E-state index contributed by atoms with van der Waals surface area (Å²) in [7, 11) is 0. The van der Waals surface area contributed by atoms with Crippen LogP contribution in [0.1, 0.15) is 6.42 Å². The van der Waals surface area contributed by atoms with Gasteiger partial charge < -0.3 is 14.9 Å². The van der Waals surface area contributed by atoms with Crippen molar-refractivity contribution in [2.45, 2.75) is 19.5 Å². The highest BCUT2D eigenvalue weighted by molar-refractivity contribution is 5.94. The van der Waals surface area contributed by atoms with Crippen molar-refractivity contribution in [2.24, 2.45) is 0 Å². The molecule has 0 unspecified atom stereocenters. The number of imidazole rings is 2. The molecular formula is C23H20F2N6O. The average Bonchev–Trinajstić information content (AvgIpc) is 3.52. The lowest BCUT2D eigenvalue weighted by Crippen LogP contribution is -2.19. The molecule has 2 aromatic carbocycles. The number of halogens is 2. The molecule has 32 heavy (non-hydrogen) atoms. The number of hydrogen-bond acceptors (Lipinski definition) is 3. The van der Waals surface area contributed by atoms with E-state index in [4.69, 9.17) is 0 Å². The van der Waals surface area contributed by atoms with E-state index in [0.717, 1.165) is 17.0 Å². The van der Waals surface area contributed by atoms with Crippen molar-refractivity contribution >= 4 is 22.4 Å². The first kappa shape index (κ1) is 19.8. The van der Waals surface area contributed by atoms with Crippen molar-refractivity contribution < 1.29 is 8.78 Å². The summed E-state index contributed by atoms with van der Waals surface area (Å²) in [5.41, 5.74) is 1.49. The van der Waals surface area contributed by atoms with Crippen molar-refractivity contribution in [2.75, 3.05) is 5.32 Å². The number of anilines is 2. The molecule has 0 aliphatic rings. The second-order valence-electron chi connectivity index (χ2n) is 7.43. The zero-order valence-electron chi connectivity index (χ0n) is 17.0. The molecule has 0 radical (unpaired) electrons.